The van der Waals surface area contributed by atoms with E-state index in [1.807, 2.05) is 25.1 Å². The maximum Gasteiger partial charge on any atom is 0.171 e. The highest BCUT2D eigenvalue weighted by Crippen LogP contribution is 2.26. The van der Waals surface area contributed by atoms with Gasteiger partial charge in [-0.15, -0.1) is 0 Å². The zero-order valence-corrected chi connectivity index (χ0v) is 16.8. The lowest BCUT2D eigenvalue weighted by atomic mass is 9.86. The lowest BCUT2D eigenvalue weighted by Crippen LogP contribution is -2.31. The standard InChI is InChI=1S/C21H28N2OS/c1-14-7-12-19(24-6)18(13-14)23-20(25)22-15(2)16-8-10-17(11-9-16)21(3,4)5/h7-13,15H,1-6H3,(H2,22,23,25). The highest BCUT2D eigenvalue weighted by atomic mass is 32.1. The van der Waals surface area contributed by atoms with Crippen LogP contribution >= 0.6 is 12.2 Å². The van der Waals surface area contributed by atoms with Crippen molar-refractivity contribution in [1.29, 1.82) is 0 Å². The van der Waals surface area contributed by atoms with Gasteiger partial charge in [-0.2, -0.15) is 0 Å². The highest BCUT2D eigenvalue weighted by molar-refractivity contribution is 7.80. The van der Waals surface area contributed by atoms with Gasteiger partial charge in [0.05, 0.1) is 18.8 Å². The summed E-state index contributed by atoms with van der Waals surface area (Å²) in [5.74, 6) is 0.775. The number of nitrogens with one attached hydrogen (secondary N) is 2. The molecule has 1 atom stereocenters. The number of benzene rings is 2. The maximum atomic E-state index is 5.47. The fraction of sp³-hybridized carbons (Fsp3) is 0.381. The van der Waals surface area contributed by atoms with Gasteiger partial charge in [0, 0.05) is 0 Å². The summed E-state index contributed by atoms with van der Waals surface area (Å²) in [6, 6.07) is 14.8. The molecule has 0 saturated heterocycles. The first-order valence-electron chi connectivity index (χ1n) is 8.53. The van der Waals surface area contributed by atoms with Gasteiger partial charge in [0.15, 0.2) is 5.11 Å². The van der Waals surface area contributed by atoms with Crippen LogP contribution in [0.1, 0.15) is 50.4 Å². The third-order valence-corrected chi connectivity index (χ3v) is 4.45. The number of aryl methyl sites for hydroxylation is 1. The van der Waals surface area contributed by atoms with E-state index >= 15 is 0 Å². The molecule has 0 amide bonds. The molecule has 4 heteroatoms. The van der Waals surface area contributed by atoms with Crippen molar-refractivity contribution in [2.24, 2.45) is 0 Å². The quantitative estimate of drug-likeness (QED) is 0.724. The Morgan fingerprint density at radius 1 is 1.08 bits per heavy atom. The van der Waals surface area contributed by atoms with Crippen molar-refractivity contribution < 1.29 is 4.74 Å². The van der Waals surface area contributed by atoms with Crippen LogP contribution in [0.2, 0.25) is 0 Å². The van der Waals surface area contributed by atoms with E-state index in [0.717, 1.165) is 17.0 Å². The van der Waals surface area contributed by atoms with Crippen LogP contribution in [0.15, 0.2) is 42.5 Å². The van der Waals surface area contributed by atoms with Crippen molar-refractivity contribution in [3.63, 3.8) is 0 Å². The molecule has 0 spiro atoms. The third kappa shape index (κ3) is 5.20. The van der Waals surface area contributed by atoms with E-state index < -0.39 is 0 Å². The van der Waals surface area contributed by atoms with Crippen LogP contribution in [-0.2, 0) is 5.41 Å². The van der Waals surface area contributed by atoms with Crippen LogP contribution in [0, 0.1) is 6.92 Å². The van der Waals surface area contributed by atoms with E-state index in [1.165, 1.54) is 11.1 Å². The zero-order chi connectivity index (χ0) is 18.6. The van der Waals surface area contributed by atoms with E-state index in [0.29, 0.717) is 5.11 Å². The van der Waals surface area contributed by atoms with Crippen LogP contribution in [0.4, 0.5) is 5.69 Å². The molecule has 0 saturated carbocycles. The summed E-state index contributed by atoms with van der Waals surface area (Å²) in [6.45, 7) is 10.8. The minimum absolute atomic E-state index is 0.116. The molecule has 2 aromatic rings. The molecule has 0 aliphatic rings. The summed E-state index contributed by atoms with van der Waals surface area (Å²) in [6.07, 6.45) is 0. The molecule has 3 nitrogen and oxygen atoms in total. The monoisotopic (exact) mass is 356 g/mol. The molecule has 0 aromatic heterocycles. The predicted octanol–water partition coefficient (Wildman–Crippen LogP) is 5.35. The Labute approximate surface area is 156 Å². The van der Waals surface area contributed by atoms with E-state index in [9.17, 15) is 0 Å². The number of hydrogen-bond acceptors (Lipinski definition) is 2. The minimum Gasteiger partial charge on any atom is -0.495 e. The summed E-state index contributed by atoms with van der Waals surface area (Å²) in [7, 11) is 1.66. The van der Waals surface area contributed by atoms with E-state index in [1.54, 1.807) is 7.11 Å². The van der Waals surface area contributed by atoms with Crippen LogP contribution < -0.4 is 15.4 Å². The van der Waals surface area contributed by atoms with Crippen molar-refractivity contribution >= 4 is 23.0 Å². The number of rotatable bonds is 4. The van der Waals surface area contributed by atoms with E-state index in [-0.39, 0.29) is 11.5 Å². The fourth-order valence-electron chi connectivity index (χ4n) is 2.63. The second kappa shape index (κ2) is 7.87. The third-order valence-electron chi connectivity index (χ3n) is 4.23. The van der Waals surface area contributed by atoms with Gasteiger partial charge >= 0.3 is 0 Å². The summed E-state index contributed by atoms with van der Waals surface area (Å²) in [5.41, 5.74) is 4.71. The number of thiocarbonyl (C=S) groups is 1. The van der Waals surface area contributed by atoms with Crippen LogP contribution in [0.3, 0.4) is 0 Å². The van der Waals surface area contributed by atoms with Crippen molar-refractivity contribution in [1.82, 2.24) is 5.32 Å². The Balaban J connectivity index is 2.04. The van der Waals surface area contributed by atoms with Gasteiger partial charge in [-0.05, 0) is 60.3 Å². The maximum absolute atomic E-state index is 5.47. The van der Waals surface area contributed by atoms with Gasteiger partial charge in [-0.25, -0.2) is 0 Å². The molecule has 1 unspecified atom stereocenters. The molecule has 134 valence electrons. The topological polar surface area (TPSA) is 33.3 Å². The molecule has 2 rings (SSSR count). The number of ether oxygens (including phenoxy) is 1. The minimum atomic E-state index is 0.116. The number of anilines is 1. The van der Waals surface area contributed by atoms with Gasteiger partial charge in [0.25, 0.3) is 0 Å². The summed E-state index contributed by atoms with van der Waals surface area (Å²) in [5, 5.41) is 7.15. The molecule has 0 radical (unpaired) electrons. The van der Waals surface area contributed by atoms with Crippen LogP contribution in [0.25, 0.3) is 0 Å². The molecular formula is C21H28N2OS. The molecule has 0 heterocycles. The molecule has 0 aliphatic carbocycles. The van der Waals surface area contributed by atoms with Crippen molar-refractivity contribution in [2.45, 2.75) is 46.1 Å². The van der Waals surface area contributed by atoms with Gasteiger partial charge in [-0.3, -0.25) is 0 Å². The van der Waals surface area contributed by atoms with Crippen molar-refractivity contribution in [3.05, 3.63) is 59.2 Å². The zero-order valence-electron chi connectivity index (χ0n) is 15.9. The first-order valence-corrected chi connectivity index (χ1v) is 8.94. The molecule has 0 aliphatic heterocycles. The first kappa shape index (κ1) is 19.3. The summed E-state index contributed by atoms with van der Waals surface area (Å²) < 4.78 is 5.39. The summed E-state index contributed by atoms with van der Waals surface area (Å²) in [4.78, 5) is 0. The lowest BCUT2D eigenvalue weighted by Gasteiger charge is -2.22. The Hall–Kier alpha value is -2.07. The molecular weight excluding hydrogens is 328 g/mol. The second-order valence-electron chi connectivity index (χ2n) is 7.40. The van der Waals surface area contributed by atoms with Crippen molar-refractivity contribution in [3.8, 4) is 5.75 Å². The molecule has 0 bridgehead atoms. The van der Waals surface area contributed by atoms with Crippen LogP contribution in [-0.4, -0.2) is 12.2 Å². The largest absolute Gasteiger partial charge is 0.495 e. The SMILES string of the molecule is COc1ccc(C)cc1NC(=S)NC(C)c1ccc(C(C)(C)C)cc1. The first-order chi connectivity index (χ1) is 11.7. The molecule has 2 N–H and O–H groups in total. The Morgan fingerprint density at radius 2 is 1.72 bits per heavy atom. The number of hydrogen-bond donors (Lipinski definition) is 2. The van der Waals surface area contributed by atoms with Gasteiger partial charge in [0.2, 0.25) is 0 Å². The average molecular weight is 357 g/mol. The summed E-state index contributed by atoms with van der Waals surface area (Å²) >= 11 is 5.47. The second-order valence-corrected chi connectivity index (χ2v) is 7.80. The van der Waals surface area contributed by atoms with Gasteiger partial charge in [0.1, 0.15) is 5.75 Å². The predicted molar refractivity (Wildman–Crippen MR) is 111 cm³/mol. The molecule has 0 fully saturated rings. The molecule has 25 heavy (non-hydrogen) atoms. The highest BCUT2D eigenvalue weighted by Gasteiger charge is 2.14. The Kier molecular flexibility index (Phi) is 6.07. The van der Waals surface area contributed by atoms with Crippen LogP contribution in [0.5, 0.6) is 5.75 Å². The Bertz CT molecular complexity index is 733. The molecule has 2 aromatic carbocycles. The smallest absolute Gasteiger partial charge is 0.171 e. The number of methoxy groups -OCH3 is 1. The lowest BCUT2D eigenvalue weighted by molar-refractivity contribution is 0.417. The van der Waals surface area contributed by atoms with Gasteiger partial charge < -0.3 is 15.4 Å². The van der Waals surface area contributed by atoms with E-state index in [2.05, 4.69) is 62.6 Å². The normalized spacial score (nSPS) is 12.4. The average Bonchev–Trinajstić information content (AvgIpc) is 2.54. The van der Waals surface area contributed by atoms with Gasteiger partial charge in [-0.1, -0.05) is 51.1 Å². The van der Waals surface area contributed by atoms with Crippen molar-refractivity contribution in [2.75, 3.05) is 12.4 Å². The fourth-order valence-corrected chi connectivity index (χ4v) is 2.92. The Morgan fingerprint density at radius 3 is 2.28 bits per heavy atom. The van der Waals surface area contributed by atoms with E-state index in [4.69, 9.17) is 17.0 Å².